The largest absolute Gasteiger partial charge is 0.344 e. The minimum atomic E-state index is -0.742. The Kier molecular flexibility index (Phi) is 9.55. The second-order valence-corrected chi connectivity index (χ2v) is 12.0. The van der Waals surface area contributed by atoms with Crippen LogP contribution in [0.15, 0.2) is 30.3 Å². The molecule has 196 valence electrons. The van der Waals surface area contributed by atoms with E-state index in [-0.39, 0.29) is 29.6 Å². The highest BCUT2D eigenvalue weighted by molar-refractivity contribution is 5.93. The maximum Gasteiger partial charge on any atom is 0.246 e. The molecule has 1 aliphatic heterocycles. The first-order chi connectivity index (χ1) is 16.2. The summed E-state index contributed by atoms with van der Waals surface area (Å²) < 4.78 is 0. The zero-order valence-electron chi connectivity index (χ0n) is 23.4. The molecule has 0 radical (unpaired) electrons. The predicted octanol–water partition coefficient (Wildman–Crippen LogP) is 4.63. The molecular weight excluding hydrogens is 438 g/mol. The van der Waals surface area contributed by atoms with Crippen LogP contribution in [-0.4, -0.2) is 59.7 Å². The molecule has 0 saturated carbocycles. The van der Waals surface area contributed by atoms with Gasteiger partial charge in [-0.05, 0) is 36.2 Å². The molecule has 1 aromatic carbocycles. The molecular formula is C29H47N3O3. The minimum Gasteiger partial charge on any atom is -0.344 e. The molecule has 1 aromatic rings. The van der Waals surface area contributed by atoms with Crippen molar-refractivity contribution in [1.29, 1.82) is 0 Å². The van der Waals surface area contributed by atoms with Crippen LogP contribution in [0.2, 0.25) is 0 Å². The Bertz CT molecular complexity index is 867. The number of likely N-dealkylation sites (N-methyl/N-ethyl adjacent to an activating group) is 1. The monoisotopic (exact) mass is 485 g/mol. The van der Waals surface area contributed by atoms with Gasteiger partial charge in [0.25, 0.3) is 0 Å². The van der Waals surface area contributed by atoms with Gasteiger partial charge in [0.05, 0.1) is 0 Å². The van der Waals surface area contributed by atoms with Gasteiger partial charge in [-0.25, -0.2) is 0 Å². The highest BCUT2D eigenvalue weighted by Crippen LogP contribution is 2.35. The number of nitrogens with zero attached hydrogens (tertiary/aromatic N) is 2. The molecule has 0 aliphatic carbocycles. The van der Waals surface area contributed by atoms with E-state index >= 15 is 0 Å². The summed E-state index contributed by atoms with van der Waals surface area (Å²) in [6, 6.07) is 8.75. The molecule has 1 saturated heterocycles. The molecule has 1 N–H and O–H groups in total. The first-order valence-electron chi connectivity index (χ1n) is 13.1. The minimum absolute atomic E-state index is 0.00369. The van der Waals surface area contributed by atoms with Crippen molar-refractivity contribution in [3.8, 4) is 0 Å². The van der Waals surface area contributed by atoms with Gasteiger partial charge in [0.2, 0.25) is 17.7 Å². The molecule has 3 atom stereocenters. The molecule has 6 nitrogen and oxygen atoms in total. The van der Waals surface area contributed by atoms with Crippen LogP contribution in [0.3, 0.4) is 0 Å². The highest BCUT2D eigenvalue weighted by atomic mass is 16.2. The maximum absolute atomic E-state index is 13.9. The summed E-state index contributed by atoms with van der Waals surface area (Å²) in [6.07, 6.45) is 2.66. The summed E-state index contributed by atoms with van der Waals surface area (Å²) in [7, 11) is 1.71. The molecule has 1 fully saturated rings. The lowest BCUT2D eigenvalue weighted by Gasteiger charge is -2.40. The Labute approximate surface area is 212 Å². The normalized spacial score (nSPS) is 17.1. The van der Waals surface area contributed by atoms with Crippen LogP contribution in [-0.2, 0) is 19.8 Å². The van der Waals surface area contributed by atoms with Crippen LogP contribution in [0, 0.1) is 17.3 Å². The van der Waals surface area contributed by atoms with E-state index in [9.17, 15) is 14.4 Å². The topological polar surface area (TPSA) is 69.7 Å². The van der Waals surface area contributed by atoms with E-state index in [1.165, 1.54) is 0 Å². The smallest absolute Gasteiger partial charge is 0.246 e. The van der Waals surface area contributed by atoms with Crippen molar-refractivity contribution in [2.24, 2.45) is 17.3 Å². The molecule has 3 amide bonds. The standard InChI is InChI=1S/C29H47N3O3/c1-10-22(29(7,8)21-16-12-11-13-17-21)25(33)30-24(28(4,5)6)27(35)31(9)23(20(2)3)26(34)32-18-14-15-19-32/h11-13,16-17,20,22-24H,10,14-15,18-19H2,1-9H3,(H,30,33)/t22-,23+,24-/m1/s1. The predicted molar refractivity (Wildman–Crippen MR) is 142 cm³/mol. The lowest BCUT2D eigenvalue weighted by molar-refractivity contribution is -0.149. The van der Waals surface area contributed by atoms with Crippen molar-refractivity contribution in [2.45, 2.75) is 92.2 Å². The van der Waals surface area contributed by atoms with Crippen LogP contribution >= 0.6 is 0 Å². The molecule has 6 heteroatoms. The fourth-order valence-corrected chi connectivity index (χ4v) is 5.35. The summed E-state index contributed by atoms with van der Waals surface area (Å²) in [6.45, 7) is 17.5. The van der Waals surface area contributed by atoms with Crippen LogP contribution in [0.1, 0.15) is 80.2 Å². The van der Waals surface area contributed by atoms with Gasteiger partial charge in [0.15, 0.2) is 0 Å². The van der Waals surface area contributed by atoms with Crippen molar-refractivity contribution in [1.82, 2.24) is 15.1 Å². The van der Waals surface area contributed by atoms with Crippen LogP contribution in [0.4, 0.5) is 0 Å². The Morgan fingerprint density at radius 1 is 1.00 bits per heavy atom. The van der Waals surface area contributed by atoms with E-state index in [2.05, 4.69) is 19.2 Å². The number of amides is 3. The van der Waals surface area contributed by atoms with Gasteiger partial charge < -0.3 is 15.1 Å². The van der Waals surface area contributed by atoms with Crippen molar-refractivity contribution in [2.75, 3.05) is 20.1 Å². The molecule has 1 heterocycles. The number of hydrogen-bond acceptors (Lipinski definition) is 3. The summed E-state index contributed by atoms with van der Waals surface area (Å²) >= 11 is 0. The van der Waals surface area contributed by atoms with Crippen LogP contribution in [0.5, 0.6) is 0 Å². The number of benzene rings is 1. The quantitative estimate of drug-likeness (QED) is 0.555. The van der Waals surface area contributed by atoms with Crippen molar-refractivity contribution < 1.29 is 14.4 Å². The second kappa shape index (κ2) is 11.6. The summed E-state index contributed by atoms with van der Waals surface area (Å²) in [4.78, 5) is 44.3. The maximum atomic E-state index is 13.9. The van der Waals surface area contributed by atoms with E-state index in [0.717, 1.165) is 31.5 Å². The Hall–Kier alpha value is -2.37. The number of rotatable bonds is 9. The van der Waals surface area contributed by atoms with E-state index in [1.807, 2.05) is 76.8 Å². The van der Waals surface area contributed by atoms with Crippen molar-refractivity contribution in [3.63, 3.8) is 0 Å². The van der Waals surface area contributed by atoms with Crippen molar-refractivity contribution in [3.05, 3.63) is 35.9 Å². The fraction of sp³-hybridized carbons (Fsp3) is 0.690. The molecule has 0 spiro atoms. The molecule has 1 aliphatic rings. The molecule has 0 aromatic heterocycles. The van der Waals surface area contributed by atoms with E-state index in [0.29, 0.717) is 6.42 Å². The van der Waals surface area contributed by atoms with Crippen molar-refractivity contribution >= 4 is 17.7 Å². The van der Waals surface area contributed by atoms with Gasteiger partial charge in [-0.15, -0.1) is 0 Å². The lowest BCUT2D eigenvalue weighted by Crippen LogP contribution is -2.60. The van der Waals surface area contributed by atoms with Gasteiger partial charge in [0.1, 0.15) is 12.1 Å². The molecule has 2 rings (SSSR count). The van der Waals surface area contributed by atoms with Gasteiger partial charge in [0, 0.05) is 31.5 Å². The number of carbonyl (C=O) groups is 3. The van der Waals surface area contributed by atoms with Gasteiger partial charge in [-0.2, -0.15) is 0 Å². The van der Waals surface area contributed by atoms with E-state index in [1.54, 1.807) is 11.9 Å². The Morgan fingerprint density at radius 2 is 1.54 bits per heavy atom. The Morgan fingerprint density at radius 3 is 2.00 bits per heavy atom. The molecule has 35 heavy (non-hydrogen) atoms. The van der Waals surface area contributed by atoms with Crippen LogP contribution in [0.25, 0.3) is 0 Å². The fourth-order valence-electron chi connectivity index (χ4n) is 5.35. The first-order valence-corrected chi connectivity index (χ1v) is 13.1. The SMILES string of the molecule is CC[C@H](C(=O)N[C@H](C(=O)N(C)[C@H](C(=O)N1CCCC1)C(C)C)C(C)(C)C)C(C)(C)c1ccccc1. The zero-order valence-corrected chi connectivity index (χ0v) is 23.4. The van der Waals surface area contributed by atoms with E-state index < -0.39 is 22.9 Å². The number of hydrogen-bond donors (Lipinski definition) is 1. The third-order valence-electron chi connectivity index (χ3n) is 7.58. The second-order valence-electron chi connectivity index (χ2n) is 12.0. The lowest BCUT2D eigenvalue weighted by atomic mass is 9.71. The van der Waals surface area contributed by atoms with Gasteiger partial charge in [-0.3, -0.25) is 14.4 Å². The zero-order chi connectivity index (χ0) is 26.6. The summed E-state index contributed by atoms with van der Waals surface area (Å²) in [5.74, 6) is -0.683. The number of carbonyl (C=O) groups excluding carboxylic acids is 3. The summed E-state index contributed by atoms with van der Waals surface area (Å²) in [5, 5.41) is 3.11. The number of likely N-dealkylation sites (tertiary alicyclic amines) is 1. The first kappa shape index (κ1) is 28.9. The Balaban J connectivity index is 2.30. The third-order valence-corrected chi connectivity index (χ3v) is 7.58. The van der Waals surface area contributed by atoms with E-state index in [4.69, 9.17) is 0 Å². The van der Waals surface area contributed by atoms with Gasteiger partial charge in [-0.1, -0.05) is 85.7 Å². The summed E-state index contributed by atoms with van der Waals surface area (Å²) in [5.41, 5.74) is 0.173. The third kappa shape index (κ3) is 6.65. The number of nitrogens with one attached hydrogen (secondary N) is 1. The highest BCUT2D eigenvalue weighted by Gasteiger charge is 2.43. The molecule has 0 unspecified atom stereocenters. The average molecular weight is 486 g/mol. The average Bonchev–Trinajstić information content (AvgIpc) is 3.32. The van der Waals surface area contributed by atoms with Crippen LogP contribution < -0.4 is 5.32 Å². The molecule has 0 bridgehead atoms. The van der Waals surface area contributed by atoms with Gasteiger partial charge >= 0.3 is 0 Å².